The van der Waals surface area contributed by atoms with E-state index in [1.807, 2.05) is 0 Å². The summed E-state index contributed by atoms with van der Waals surface area (Å²) in [6.45, 7) is 3.80. The molecule has 0 aromatic carbocycles. The lowest BCUT2D eigenvalue weighted by molar-refractivity contribution is -0.140. The summed E-state index contributed by atoms with van der Waals surface area (Å²) in [5.74, 6) is -0.0629. The zero-order chi connectivity index (χ0) is 19.8. The second-order valence-electron chi connectivity index (χ2n) is 6.42. The van der Waals surface area contributed by atoms with Crippen LogP contribution in [0.3, 0.4) is 0 Å². The van der Waals surface area contributed by atoms with Crippen LogP contribution in [0.2, 0.25) is 0 Å². The standard InChI is InChI=1S/C17H20N2O5S3/c1-3-18(12-6-8-27(22,23)10-12)15(20)11(2)19-16(21)14(26-17(19)25)9-13-5-4-7-24-13/h4-5,7,9,11-12H,3,6,8,10H2,1-2H3/b14-9+/t11-,12+/m0/s1. The summed E-state index contributed by atoms with van der Waals surface area (Å²) in [4.78, 5) is 29.0. The molecule has 0 spiro atoms. The van der Waals surface area contributed by atoms with Gasteiger partial charge in [-0.05, 0) is 32.4 Å². The first kappa shape index (κ1) is 20.1. The lowest BCUT2D eigenvalue weighted by Crippen LogP contribution is -2.52. The molecule has 2 amide bonds. The first-order valence-electron chi connectivity index (χ1n) is 8.55. The Bertz CT molecular complexity index is 892. The maximum Gasteiger partial charge on any atom is 0.267 e. The third-order valence-electron chi connectivity index (χ3n) is 4.66. The molecule has 1 aromatic rings. The second-order valence-corrected chi connectivity index (χ2v) is 10.3. The number of thioether (sulfide) groups is 1. The lowest BCUT2D eigenvalue weighted by atomic mass is 10.1. The monoisotopic (exact) mass is 428 g/mol. The van der Waals surface area contributed by atoms with Crippen LogP contribution in [0.15, 0.2) is 27.7 Å². The number of carbonyl (C=O) groups is 2. The Morgan fingerprint density at radius 2 is 2.30 bits per heavy atom. The van der Waals surface area contributed by atoms with Gasteiger partial charge in [-0.15, -0.1) is 0 Å². The first-order valence-corrected chi connectivity index (χ1v) is 11.6. The Hall–Kier alpha value is -1.65. The van der Waals surface area contributed by atoms with E-state index in [1.54, 1.807) is 37.0 Å². The van der Waals surface area contributed by atoms with Crippen LogP contribution in [0, 0.1) is 0 Å². The zero-order valence-electron chi connectivity index (χ0n) is 15.0. The fourth-order valence-corrected chi connectivity index (χ4v) is 6.41. The minimum absolute atomic E-state index is 0.0317. The Kier molecular flexibility index (Phi) is 5.78. The molecule has 0 bridgehead atoms. The Balaban J connectivity index is 1.77. The van der Waals surface area contributed by atoms with Crippen molar-refractivity contribution in [2.24, 2.45) is 0 Å². The van der Waals surface area contributed by atoms with Gasteiger partial charge in [-0.1, -0.05) is 24.0 Å². The predicted molar refractivity (Wildman–Crippen MR) is 108 cm³/mol. The molecule has 0 radical (unpaired) electrons. The van der Waals surface area contributed by atoms with Crippen molar-refractivity contribution in [3.63, 3.8) is 0 Å². The van der Waals surface area contributed by atoms with Crippen LogP contribution in [0.4, 0.5) is 0 Å². The summed E-state index contributed by atoms with van der Waals surface area (Å²) in [5, 5.41) is 0. The SMILES string of the molecule is CCN(C(=O)[C@H](C)N1C(=O)/C(=C\c2ccco2)SC1=S)[C@@H]1CCS(=O)(=O)C1. The summed E-state index contributed by atoms with van der Waals surface area (Å²) in [6, 6.07) is 2.28. The largest absolute Gasteiger partial charge is 0.465 e. The van der Waals surface area contributed by atoms with Gasteiger partial charge in [0.1, 0.15) is 16.1 Å². The molecule has 0 unspecified atom stereocenters. The highest BCUT2D eigenvalue weighted by molar-refractivity contribution is 8.26. The topological polar surface area (TPSA) is 87.9 Å². The van der Waals surface area contributed by atoms with Crippen molar-refractivity contribution in [2.45, 2.75) is 32.4 Å². The van der Waals surface area contributed by atoms with Crippen LogP contribution in [-0.2, 0) is 19.4 Å². The van der Waals surface area contributed by atoms with Crippen molar-refractivity contribution in [1.82, 2.24) is 9.80 Å². The van der Waals surface area contributed by atoms with Crippen molar-refractivity contribution in [3.8, 4) is 0 Å². The average molecular weight is 429 g/mol. The number of likely N-dealkylation sites (N-methyl/N-ethyl adjacent to an activating group) is 1. The van der Waals surface area contributed by atoms with Gasteiger partial charge < -0.3 is 9.32 Å². The van der Waals surface area contributed by atoms with E-state index in [1.165, 1.54) is 11.2 Å². The molecule has 3 rings (SSSR count). The highest BCUT2D eigenvalue weighted by atomic mass is 32.2. The Morgan fingerprint density at radius 3 is 2.85 bits per heavy atom. The highest BCUT2D eigenvalue weighted by Crippen LogP contribution is 2.34. The molecule has 2 fully saturated rings. The normalized spacial score (nSPS) is 24.6. The molecule has 0 saturated carbocycles. The highest BCUT2D eigenvalue weighted by Gasteiger charge is 2.42. The summed E-state index contributed by atoms with van der Waals surface area (Å²) in [7, 11) is -3.11. The number of hydrogen-bond acceptors (Lipinski definition) is 7. The van der Waals surface area contributed by atoms with Crippen LogP contribution in [0.25, 0.3) is 6.08 Å². The molecule has 2 aliphatic heterocycles. The van der Waals surface area contributed by atoms with Crippen molar-refractivity contribution >= 4 is 56.0 Å². The summed E-state index contributed by atoms with van der Waals surface area (Å²) < 4.78 is 29.1. The molecule has 3 heterocycles. The van der Waals surface area contributed by atoms with Crippen molar-refractivity contribution in [3.05, 3.63) is 29.1 Å². The summed E-state index contributed by atoms with van der Waals surface area (Å²) in [6.07, 6.45) is 3.52. The number of nitrogens with zero attached hydrogens (tertiary/aromatic N) is 2. The fraction of sp³-hybridized carbons (Fsp3) is 0.471. The molecule has 2 aliphatic rings. The van der Waals surface area contributed by atoms with E-state index >= 15 is 0 Å². The van der Waals surface area contributed by atoms with Crippen molar-refractivity contribution in [2.75, 3.05) is 18.1 Å². The molecule has 2 atom stereocenters. The van der Waals surface area contributed by atoms with Gasteiger partial charge in [0.05, 0.1) is 22.7 Å². The van der Waals surface area contributed by atoms with Gasteiger partial charge in [0.15, 0.2) is 9.84 Å². The molecule has 0 N–H and O–H groups in total. The molecule has 1 aromatic heterocycles. The number of rotatable bonds is 5. The van der Waals surface area contributed by atoms with Crippen LogP contribution in [0.1, 0.15) is 26.0 Å². The second kappa shape index (κ2) is 7.76. The molecular weight excluding hydrogens is 408 g/mol. The maximum absolute atomic E-state index is 13.0. The van der Waals surface area contributed by atoms with Gasteiger partial charge >= 0.3 is 0 Å². The molecule has 2 saturated heterocycles. The van der Waals surface area contributed by atoms with Crippen LogP contribution in [-0.4, -0.2) is 64.5 Å². The predicted octanol–water partition coefficient (Wildman–Crippen LogP) is 1.90. The molecule has 27 heavy (non-hydrogen) atoms. The minimum Gasteiger partial charge on any atom is -0.465 e. The first-order chi connectivity index (χ1) is 12.7. The average Bonchev–Trinajstić information content (AvgIpc) is 3.30. The molecular formula is C17H20N2O5S3. The van der Waals surface area contributed by atoms with Crippen LogP contribution < -0.4 is 0 Å². The zero-order valence-corrected chi connectivity index (χ0v) is 17.4. The molecule has 146 valence electrons. The summed E-state index contributed by atoms with van der Waals surface area (Å²) in [5.41, 5.74) is 0. The van der Waals surface area contributed by atoms with E-state index in [0.717, 1.165) is 11.8 Å². The van der Waals surface area contributed by atoms with Crippen LogP contribution in [0.5, 0.6) is 0 Å². The van der Waals surface area contributed by atoms with Gasteiger partial charge in [-0.2, -0.15) is 0 Å². The third kappa shape index (κ3) is 4.12. The fourth-order valence-electron chi connectivity index (χ4n) is 3.28. The van der Waals surface area contributed by atoms with Gasteiger partial charge in [-0.3, -0.25) is 14.5 Å². The van der Waals surface area contributed by atoms with E-state index < -0.39 is 15.9 Å². The lowest BCUT2D eigenvalue weighted by Gasteiger charge is -2.32. The van der Waals surface area contributed by atoms with E-state index in [2.05, 4.69) is 0 Å². The van der Waals surface area contributed by atoms with Crippen molar-refractivity contribution < 1.29 is 22.4 Å². The van der Waals surface area contributed by atoms with Crippen molar-refractivity contribution in [1.29, 1.82) is 0 Å². The molecule has 7 nitrogen and oxygen atoms in total. The smallest absolute Gasteiger partial charge is 0.267 e. The maximum atomic E-state index is 13.0. The van der Waals surface area contributed by atoms with Gasteiger partial charge in [0.25, 0.3) is 5.91 Å². The number of hydrogen-bond donors (Lipinski definition) is 0. The quantitative estimate of drug-likeness (QED) is 0.523. The third-order valence-corrected chi connectivity index (χ3v) is 7.74. The van der Waals surface area contributed by atoms with Gasteiger partial charge in [0.2, 0.25) is 5.91 Å². The Morgan fingerprint density at radius 1 is 1.56 bits per heavy atom. The summed E-state index contributed by atoms with van der Waals surface area (Å²) >= 11 is 6.43. The van der Waals surface area contributed by atoms with E-state index in [0.29, 0.717) is 28.0 Å². The van der Waals surface area contributed by atoms with E-state index in [4.69, 9.17) is 16.6 Å². The van der Waals surface area contributed by atoms with Gasteiger partial charge in [0, 0.05) is 18.7 Å². The van der Waals surface area contributed by atoms with Crippen LogP contribution >= 0.6 is 24.0 Å². The minimum atomic E-state index is -3.11. The number of amides is 2. The molecule has 0 aliphatic carbocycles. The molecule has 10 heteroatoms. The number of thiocarbonyl (C=S) groups is 1. The number of furan rings is 1. The number of carbonyl (C=O) groups excluding carboxylic acids is 2. The van der Waals surface area contributed by atoms with E-state index in [-0.39, 0.29) is 29.4 Å². The van der Waals surface area contributed by atoms with E-state index in [9.17, 15) is 18.0 Å². The van der Waals surface area contributed by atoms with Gasteiger partial charge in [-0.25, -0.2) is 8.42 Å². The number of sulfone groups is 1. The Labute approximate surface area is 167 Å².